The van der Waals surface area contributed by atoms with E-state index in [1.807, 2.05) is 0 Å². The Morgan fingerprint density at radius 3 is 2.89 bits per heavy atom. The number of aliphatic hydroxyl groups is 1. The Morgan fingerprint density at radius 2 is 2.18 bits per heavy atom. The summed E-state index contributed by atoms with van der Waals surface area (Å²) in [6, 6.07) is 1.50. The van der Waals surface area contributed by atoms with Crippen LogP contribution < -0.4 is 19.6 Å². The molecule has 0 spiro atoms. The van der Waals surface area contributed by atoms with Crippen molar-refractivity contribution in [3.8, 4) is 5.75 Å². The first kappa shape index (κ1) is 19.3. The summed E-state index contributed by atoms with van der Waals surface area (Å²) < 4.78 is 21.1. The molecule has 0 saturated carbocycles. The van der Waals surface area contributed by atoms with E-state index in [0.29, 0.717) is 23.1 Å². The topological polar surface area (TPSA) is 129 Å². The number of carbonyl (C=O) groups excluding carboxylic acids is 1. The number of ether oxygens (including phenoxy) is 1. The monoisotopic (exact) mass is 423 g/mol. The second-order valence-electron chi connectivity index (χ2n) is 7.53. The van der Waals surface area contributed by atoms with E-state index in [2.05, 4.69) is 20.7 Å². The van der Waals surface area contributed by atoms with Crippen LogP contribution in [0.3, 0.4) is 0 Å². The van der Waals surface area contributed by atoms with Crippen molar-refractivity contribution in [2.75, 3.05) is 11.9 Å². The number of nitrogens with one attached hydrogen (secondary N) is 2. The van der Waals surface area contributed by atoms with Gasteiger partial charge in [0.2, 0.25) is 9.92 Å². The number of nitrogens with two attached hydrogens (primary N) is 1. The SMILES string of the molecule is CC(C)(O)c1ncc(S(N)(=O)=[NH+]C(=O)Nc2c3c(cc4c2OCC4)CCC3)s1. The second kappa shape index (κ2) is 6.80. The summed E-state index contributed by atoms with van der Waals surface area (Å²) in [5.41, 5.74) is 2.86. The van der Waals surface area contributed by atoms with Crippen LogP contribution in [0.15, 0.2) is 16.5 Å². The molecule has 0 bridgehead atoms. The van der Waals surface area contributed by atoms with Crippen LogP contribution in [-0.4, -0.2) is 26.9 Å². The van der Waals surface area contributed by atoms with E-state index in [9.17, 15) is 14.1 Å². The maximum absolute atomic E-state index is 12.9. The van der Waals surface area contributed by atoms with E-state index in [1.165, 1.54) is 11.8 Å². The molecule has 28 heavy (non-hydrogen) atoms. The molecule has 0 saturated heterocycles. The molecule has 1 unspecified atom stereocenters. The van der Waals surface area contributed by atoms with Crippen LogP contribution in [0.4, 0.5) is 10.5 Å². The molecule has 150 valence electrons. The molecule has 2 amide bonds. The van der Waals surface area contributed by atoms with Gasteiger partial charge in [-0.05, 0) is 38.7 Å². The summed E-state index contributed by atoms with van der Waals surface area (Å²) in [6.07, 6.45) is 5.01. The maximum atomic E-state index is 12.9. The lowest BCUT2D eigenvalue weighted by atomic mass is 10.0. The van der Waals surface area contributed by atoms with E-state index in [1.54, 1.807) is 13.8 Å². The molecule has 4 rings (SSSR count). The highest BCUT2D eigenvalue weighted by Gasteiger charge is 2.30. The number of hydrogen-bond acceptors (Lipinski definition) is 6. The summed E-state index contributed by atoms with van der Waals surface area (Å²) in [5.74, 6) is 0.696. The summed E-state index contributed by atoms with van der Waals surface area (Å²) >= 11 is 1.01. The highest BCUT2D eigenvalue weighted by molar-refractivity contribution is 7.91. The number of hydrogen-bond donors (Lipinski definition) is 4. The zero-order chi connectivity index (χ0) is 20.1. The number of aromatic nitrogens is 1. The minimum Gasteiger partial charge on any atom is -0.488 e. The van der Waals surface area contributed by atoms with E-state index < -0.39 is 21.5 Å². The second-order valence-corrected chi connectivity index (χ2v) is 10.7. The molecule has 2 heterocycles. The number of aryl methyl sites for hydroxylation is 1. The fourth-order valence-corrected chi connectivity index (χ4v) is 5.69. The smallest absolute Gasteiger partial charge is 0.488 e. The highest BCUT2D eigenvalue weighted by atomic mass is 32.2. The largest absolute Gasteiger partial charge is 0.503 e. The minimum absolute atomic E-state index is 0.194. The van der Waals surface area contributed by atoms with Crippen molar-refractivity contribution in [2.24, 2.45) is 5.14 Å². The molecular weight excluding hydrogens is 400 g/mol. The average Bonchev–Trinajstić information content (AvgIpc) is 3.33. The van der Waals surface area contributed by atoms with E-state index in [4.69, 9.17) is 9.88 Å². The predicted molar refractivity (Wildman–Crippen MR) is 106 cm³/mol. The van der Waals surface area contributed by atoms with Gasteiger partial charge >= 0.3 is 6.03 Å². The molecule has 1 aromatic carbocycles. The number of nitrogens with zero attached hydrogens (tertiary/aromatic N) is 1. The molecule has 2 aromatic rings. The van der Waals surface area contributed by atoms with Gasteiger partial charge in [-0.3, -0.25) is 0 Å². The Balaban J connectivity index is 1.65. The van der Waals surface area contributed by atoms with Crippen molar-refractivity contribution in [1.82, 2.24) is 4.98 Å². The fourth-order valence-electron chi connectivity index (χ4n) is 3.54. The number of carbonyl (C=O) groups is 1. The van der Waals surface area contributed by atoms with Gasteiger partial charge in [0.1, 0.15) is 10.6 Å². The zero-order valence-electron chi connectivity index (χ0n) is 15.7. The number of amides is 2. The standard InChI is InChI=1S/C18H22N4O4S2/c1-18(2,24)16-20-9-13(27-16)28(19,25)22-17(23)21-14-12-5-3-4-10(12)8-11-6-7-26-15(11)14/h8-9,24H,3-7H2,1-2H3,(H3,19,21,22,23,25)/p+1. The lowest BCUT2D eigenvalue weighted by Crippen LogP contribution is -2.80. The normalized spacial score (nSPS) is 17.4. The molecule has 0 radical (unpaired) electrons. The van der Waals surface area contributed by atoms with Crippen LogP contribution in [-0.2, 0) is 34.8 Å². The third-order valence-electron chi connectivity index (χ3n) is 4.84. The van der Waals surface area contributed by atoms with Crippen molar-refractivity contribution in [3.63, 3.8) is 0 Å². The van der Waals surface area contributed by atoms with Gasteiger partial charge < -0.3 is 9.84 Å². The van der Waals surface area contributed by atoms with Gasteiger partial charge in [0.25, 0.3) is 0 Å². The molecule has 0 fully saturated rings. The highest BCUT2D eigenvalue weighted by Crippen LogP contribution is 2.42. The number of thiazole rings is 1. The van der Waals surface area contributed by atoms with E-state index in [-0.39, 0.29) is 4.21 Å². The number of urea groups is 1. The number of rotatable bonds is 3. The first-order valence-electron chi connectivity index (χ1n) is 9.05. The molecule has 1 aliphatic heterocycles. The quantitative estimate of drug-likeness (QED) is 0.581. The van der Waals surface area contributed by atoms with Crippen molar-refractivity contribution < 1.29 is 23.2 Å². The molecule has 2 aliphatic rings. The van der Waals surface area contributed by atoms with Gasteiger partial charge in [-0.15, -0.1) is 15.7 Å². The van der Waals surface area contributed by atoms with Crippen LogP contribution in [0.2, 0.25) is 0 Å². The molecule has 1 aliphatic carbocycles. The molecule has 1 atom stereocenters. The summed E-state index contributed by atoms with van der Waals surface area (Å²) in [5, 5.41) is 19.1. The molecule has 8 nitrogen and oxygen atoms in total. The summed E-state index contributed by atoms with van der Waals surface area (Å²) in [4.78, 5) is 16.7. The van der Waals surface area contributed by atoms with Gasteiger partial charge in [0, 0.05) is 17.5 Å². The Labute approximate surface area is 167 Å². The molecule has 5 N–H and O–H groups in total. The zero-order valence-corrected chi connectivity index (χ0v) is 17.3. The molecule has 10 heteroatoms. The third kappa shape index (κ3) is 3.52. The minimum atomic E-state index is -3.36. The Kier molecular flexibility index (Phi) is 4.69. The summed E-state index contributed by atoms with van der Waals surface area (Å²) in [6.45, 7) is 3.73. The van der Waals surface area contributed by atoms with Crippen LogP contribution >= 0.6 is 11.3 Å². The fraction of sp³-hybridized carbons (Fsp3) is 0.444. The lowest BCUT2D eigenvalue weighted by molar-refractivity contribution is -0.310. The van der Waals surface area contributed by atoms with Gasteiger partial charge in [0.05, 0.1) is 12.8 Å². The average molecular weight is 424 g/mol. The van der Waals surface area contributed by atoms with Crippen LogP contribution in [0, 0.1) is 0 Å². The Bertz CT molecular complexity index is 1050. The van der Waals surface area contributed by atoms with Crippen molar-refractivity contribution in [2.45, 2.75) is 49.3 Å². The Hall–Kier alpha value is -2.01. The van der Waals surface area contributed by atoms with E-state index in [0.717, 1.165) is 48.1 Å². The van der Waals surface area contributed by atoms with Crippen molar-refractivity contribution in [1.29, 1.82) is 0 Å². The molecule has 1 aromatic heterocycles. The summed E-state index contributed by atoms with van der Waals surface area (Å²) in [7, 11) is -3.36. The first-order chi connectivity index (χ1) is 13.1. The third-order valence-corrected chi connectivity index (χ3v) is 8.13. The van der Waals surface area contributed by atoms with Gasteiger partial charge in [-0.25, -0.2) is 14.3 Å². The van der Waals surface area contributed by atoms with E-state index >= 15 is 0 Å². The van der Waals surface area contributed by atoms with Gasteiger partial charge in [-0.2, -0.15) is 10.1 Å². The first-order valence-corrected chi connectivity index (χ1v) is 11.5. The van der Waals surface area contributed by atoms with Crippen molar-refractivity contribution >= 4 is 33.0 Å². The maximum Gasteiger partial charge on any atom is 0.503 e. The number of anilines is 1. The van der Waals surface area contributed by atoms with Crippen LogP contribution in [0.5, 0.6) is 5.75 Å². The number of benzene rings is 1. The lowest BCUT2D eigenvalue weighted by Gasteiger charge is -2.12. The van der Waals surface area contributed by atoms with Crippen LogP contribution in [0.1, 0.15) is 42.0 Å². The Morgan fingerprint density at radius 1 is 1.39 bits per heavy atom. The van der Waals surface area contributed by atoms with Gasteiger partial charge in [0.15, 0.2) is 15.6 Å². The predicted octanol–water partition coefficient (Wildman–Crippen LogP) is 0.807. The van der Waals surface area contributed by atoms with Gasteiger partial charge in [-0.1, -0.05) is 6.07 Å². The molecular formula is C18H23N4O4S2+. The number of fused-ring (bicyclic) bond motifs is 2. The van der Waals surface area contributed by atoms with Crippen LogP contribution in [0.25, 0.3) is 0 Å². The van der Waals surface area contributed by atoms with Crippen molar-refractivity contribution in [3.05, 3.63) is 34.0 Å².